The van der Waals surface area contributed by atoms with Crippen LogP contribution in [-0.2, 0) is 4.79 Å². The van der Waals surface area contributed by atoms with Crippen LogP contribution in [0.2, 0.25) is 0 Å². The first-order valence-corrected chi connectivity index (χ1v) is 12.5. The van der Waals surface area contributed by atoms with Crippen molar-refractivity contribution in [3.8, 4) is 17.2 Å². The van der Waals surface area contributed by atoms with Crippen molar-refractivity contribution in [3.63, 3.8) is 0 Å². The van der Waals surface area contributed by atoms with E-state index in [1.54, 1.807) is 31.6 Å². The average molecular weight is 572 g/mol. The summed E-state index contributed by atoms with van der Waals surface area (Å²) in [6.07, 6.45) is -0.803. The molecule has 3 heterocycles. The van der Waals surface area contributed by atoms with Crippen molar-refractivity contribution in [2.75, 3.05) is 39.6 Å². The Morgan fingerprint density at radius 2 is 1.90 bits per heavy atom. The van der Waals surface area contributed by atoms with Crippen LogP contribution in [0.4, 0.5) is 24.7 Å². The summed E-state index contributed by atoms with van der Waals surface area (Å²) < 4.78 is 43.2. The van der Waals surface area contributed by atoms with Crippen molar-refractivity contribution in [1.29, 1.82) is 0 Å². The van der Waals surface area contributed by atoms with Gasteiger partial charge in [-0.3, -0.25) is 9.78 Å². The molecular formula is C28H28F3N5O5. The van der Waals surface area contributed by atoms with Crippen molar-refractivity contribution < 1.29 is 37.0 Å². The molecule has 1 atom stereocenters. The predicted molar refractivity (Wildman–Crippen MR) is 145 cm³/mol. The van der Waals surface area contributed by atoms with Gasteiger partial charge in [-0.2, -0.15) is 13.2 Å². The van der Waals surface area contributed by atoms with Gasteiger partial charge in [-0.25, -0.2) is 9.78 Å². The lowest BCUT2D eigenvalue weighted by Gasteiger charge is -2.25. The van der Waals surface area contributed by atoms with E-state index < -0.39 is 12.1 Å². The number of methoxy groups -OCH3 is 1. The third-order valence-electron chi connectivity index (χ3n) is 6.50. The maximum absolute atomic E-state index is 13.1. The molecule has 10 nitrogen and oxygen atoms in total. The minimum atomic E-state index is -5.08. The summed E-state index contributed by atoms with van der Waals surface area (Å²) in [6, 6.07) is 15.4. The summed E-state index contributed by atoms with van der Waals surface area (Å²) in [4.78, 5) is 35.0. The van der Waals surface area contributed by atoms with Crippen LogP contribution in [-0.4, -0.2) is 83.3 Å². The van der Waals surface area contributed by atoms with E-state index in [4.69, 9.17) is 19.1 Å². The van der Waals surface area contributed by atoms with Gasteiger partial charge in [0.05, 0.1) is 25.2 Å². The number of carbonyl (C=O) groups is 2. The first-order chi connectivity index (χ1) is 19.5. The number of anilines is 2. The number of likely N-dealkylation sites (tertiary alicyclic amines) is 1. The number of amides is 1. The number of likely N-dealkylation sites (N-methyl/N-ethyl adjacent to an activating group) is 2. The lowest BCUT2D eigenvalue weighted by Crippen LogP contribution is -2.38. The number of nitrogens with zero attached hydrogens (tertiary/aromatic N) is 4. The summed E-state index contributed by atoms with van der Waals surface area (Å²) in [5.41, 5.74) is 2.70. The first-order valence-electron chi connectivity index (χ1n) is 12.5. The van der Waals surface area contributed by atoms with Gasteiger partial charge in [0.25, 0.3) is 5.91 Å². The summed E-state index contributed by atoms with van der Waals surface area (Å²) in [7, 11) is 5.53. The van der Waals surface area contributed by atoms with Crippen LogP contribution in [0.5, 0.6) is 5.75 Å². The van der Waals surface area contributed by atoms with Crippen LogP contribution in [0.1, 0.15) is 16.8 Å². The number of carbonyl (C=O) groups excluding carboxylic acids is 1. The normalized spacial score (nSPS) is 15.2. The lowest BCUT2D eigenvalue weighted by molar-refractivity contribution is -0.192. The number of ether oxygens (including phenoxy) is 1. The minimum absolute atomic E-state index is 0.0168. The molecule has 1 amide bonds. The molecule has 5 rings (SSSR count). The molecule has 13 heteroatoms. The highest BCUT2D eigenvalue weighted by molar-refractivity contribution is 5.95. The van der Waals surface area contributed by atoms with Crippen LogP contribution in [0.15, 0.2) is 65.3 Å². The molecule has 4 aromatic rings. The van der Waals surface area contributed by atoms with E-state index in [9.17, 15) is 18.0 Å². The topological polar surface area (TPSA) is 121 Å². The number of aromatic nitrogens is 2. The molecule has 0 spiro atoms. The first kappa shape index (κ1) is 29.3. The highest BCUT2D eigenvalue weighted by Crippen LogP contribution is 2.31. The number of fused-ring (bicyclic) bond motifs is 1. The Balaban J connectivity index is 0.000000493. The summed E-state index contributed by atoms with van der Waals surface area (Å²) in [6.45, 7) is 1.89. The van der Waals surface area contributed by atoms with Crippen LogP contribution in [0, 0.1) is 0 Å². The van der Waals surface area contributed by atoms with Crippen molar-refractivity contribution >= 4 is 34.4 Å². The molecule has 2 N–H and O–H groups in total. The van der Waals surface area contributed by atoms with E-state index in [1.165, 1.54) is 0 Å². The number of hydrogen-bond donors (Lipinski definition) is 2. The number of alkyl halides is 3. The fourth-order valence-electron chi connectivity index (χ4n) is 4.32. The molecule has 0 aliphatic carbocycles. The van der Waals surface area contributed by atoms with Gasteiger partial charge in [-0.1, -0.05) is 18.2 Å². The van der Waals surface area contributed by atoms with Crippen molar-refractivity contribution in [1.82, 2.24) is 19.8 Å². The lowest BCUT2D eigenvalue weighted by atomic mass is 10.1. The molecule has 216 valence electrons. The smallest absolute Gasteiger partial charge is 0.490 e. The Morgan fingerprint density at radius 1 is 1.17 bits per heavy atom. The van der Waals surface area contributed by atoms with Gasteiger partial charge >= 0.3 is 12.1 Å². The standard InChI is InChI=1S/C26H27N5O3.C2HF3O2/c1-30-11-10-19(16-30)31(2)26(32)18-8-9-20(23(13-18)33-3)28-25-15-27-14-21(29-25)24-12-17-6-4-5-7-22(17)34-24;3-2(4,5)1(6)7/h4-9,12-15,19H,10-11,16H2,1-3H3,(H,28,29);(H,6,7). The third kappa shape index (κ3) is 7.11. The number of carboxylic acids is 1. The highest BCUT2D eigenvalue weighted by Gasteiger charge is 2.38. The molecule has 0 radical (unpaired) electrons. The van der Waals surface area contributed by atoms with Crippen LogP contribution in [0.3, 0.4) is 0 Å². The van der Waals surface area contributed by atoms with Crippen molar-refractivity contribution in [2.24, 2.45) is 0 Å². The predicted octanol–water partition coefficient (Wildman–Crippen LogP) is 5.05. The SMILES string of the molecule is COc1cc(C(=O)N(C)C2CCN(C)C2)ccc1Nc1cncc(-c2cc3ccccc3o2)n1.O=C(O)C(F)(F)F. The maximum atomic E-state index is 13.1. The number of nitrogens with one attached hydrogen (secondary N) is 1. The molecular weight excluding hydrogens is 543 g/mol. The molecule has 1 saturated heterocycles. The Hall–Kier alpha value is -4.65. The van der Waals surface area contributed by atoms with Gasteiger partial charge in [-0.15, -0.1) is 0 Å². The molecule has 0 bridgehead atoms. The number of halogens is 3. The number of aliphatic carboxylic acids is 1. The van der Waals surface area contributed by atoms with Gasteiger partial charge in [0.15, 0.2) is 5.76 Å². The summed E-state index contributed by atoms with van der Waals surface area (Å²) in [5, 5.41) is 11.4. The van der Waals surface area contributed by atoms with E-state index >= 15 is 0 Å². The van der Waals surface area contributed by atoms with Gasteiger partial charge in [0, 0.05) is 30.6 Å². The molecule has 1 aliphatic heterocycles. The van der Waals surface area contributed by atoms with E-state index in [0.29, 0.717) is 34.3 Å². The quantitative estimate of drug-likeness (QED) is 0.327. The second-order valence-electron chi connectivity index (χ2n) is 9.40. The molecule has 1 unspecified atom stereocenters. The number of furan rings is 1. The van der Waals surface area contributed by atoms with E-state index in [1.807, 2.05) is 48.3 Å². The molecule has 1 fully saturated rings. The van der Waals surface area contributed by atoms with Crippen molar-refractivity contribution in [3.05, 3.63) is 66.5 Å². The zero-order chi connectivity index (χ0) is 29.7. The Bertz CT molecular complexity index is 1510. The zero-order valence-corrected chi connectivity index (χ0v) is 22.5. The molecule has 2 aromatic carbocycles. The molecule has 1 aliphatic rings. The minimum Gasteiger partial charge on any atom is -0.495 e. The fourth-order valence-corrected chi connectivity index (χ4v) is 4.32. The van der Waals surface area contributed by atoms with E-state index in [-0.39, 0.29) is 11.9 Å². The Morgan fingerprint density at radius 3 is 2.54 bits per heavy atom. The average Bonchev–Trinajstić information content (AvgIpc) is 3.59. The third-order valence-corrected chi connectivity index (χ3v) is 6.50. The molecule has 0 saturated carbocycles. The Labute approximate surface area is 233 Å². The highest BCUT2D eigenvalue weighted by atomic mass is 19.4. The van der Waals surface area contributed by atoms with E-state index in [2.05, 4.69) is 27.2 Å². The van der Waals surface area contributed by atoms with Crippen LogP contribution >= 0.6 is 0 Å². The maximum Gasteiger partial charge on any atom is 0.490 e. The largest absolute Gasteiger partial charge is 0.495 e. The fraction of sp³-hybridized carbons (Fsp3) is 0.286. The van der Waals surface area contributed by atoms with Gasteiger partial charge in [-0.05, 0) is 50.3 Å². The van der Waals surface area contributed by atoms with Crippen molar-refractivity contribution in [2.45, 2.75) is 18.6 Å². The zero-order valence-electron chi connectivity index (χ0n) is 22.5. The van der Waals surface area contributed by atoms with Crippen LogP contribution < -0.4 is 10.1 Å². The monoisotopic (exact) mass is 571 g/mol. The second kappa shape index (κ2) is 12.3. The van der Waals surface area contributed by atoms with Gasteiger partial charge in [0.1, 0.15) is 22.8 Å². The number of carboxylic acid groups (broad SMARTS) is 1. The van der Waals surface area contributed by atoms with Gasteiger partial charge in [0.2, 0.25) is 0 Å². The number of rotatable bonds is 6. The number of para-hydroxylation sites is 1. The summed E-state index contributed by atoms with van der Waals surface area (Å²) in [5.74, 6) is -1.03. The number of hydrogen-bond acceptors (Lipinski definition) is 8. The Kier molecular flexibility index (Phi) is 8.77. The van der Waals surface area contributed by atoms with E-state index in [0.717, 1.165) is 30.5 Å². The summed E-state index contributed by atoms with van der Waals surface area (Å²) >= 11 is 0. The number of benzene rings is 2. The molecule has 41 heavy (non-hydrogen) atoms. The van der Waals surface area contributed by atoms with Crippen LogP contribution in [0.25, 0.3) is 22.4 Å². The second-order valence-corrected chi connectivity index (χ2v) is 9.40. The van der Waals surface area contributed by atoms with Gasteiger partial charge < -0.3 is 29.4 Å². The molecule has 2 aromatic heterocycles.